The van der Waals surface area contributed by atoms with Crippen molar-refractivity contribution in [1.29, 1.82) is 0 Å². The van der Waals surface area contributed by atoms with E-state index in [1.165, 1.54) is 46.8 Å². The molecule has 1 aliphatic rings. The number of carbonyl (C=O) groups is 2. The van der Waals surface area contributed by atoms with Crippen LogP contribution in [0.4, 0.5) is 13.2 Å². The standard InChI is InChI=1S/C26H23F3N2O7S/c27-26(28,29)38-21-8-6-19(7-9-21)37-20-10-12-22(13-11-20)39(35,36)25(24(33)30-34)14-16-31(17-15-25)23(32)18-4-2-1-3-5-18/h1-13,34H,14-17H2,(H,30,33). The van der Waals surface area contributed by atoms with Gasteiger partial charge in [-0.2, -0.15) is 0 Å². The van der Waals surface area contributed by atoms with Gasteiger partial charge in [-0.15, -0.1) is 13.2 Å². The Balaban J connectivity index is 1.50. The highest BCUT2D eigenvalue weighted by atomic mass is 32.2. The van der Waals surface area contributed by atoms with Crippen LogP contribution in [0.25, 0.3) is 0 Å². The molecule has 2 N–H and O–H groups in total. The molecule has 0 atom stereocenters. The van der Waals surface area contributed by atoms with Crippen molar-refractivity contribution < 1.29 is 45.9 Å². The van der Waals surface area contributed by atoms with Crippen molar-refractivity contribution in [3.63, 3.8) is 0 Å². The number of carbonyl (C=O) groups excluding carboxylic acids is 2. The predicted octanol–water partition coefficient (Wildman–Crippen LogP) is 4.33. The molecular formula is C26H23F3N2O7S. The van der Waals surface area contributed by atoms with Crippen LogP contribution in [0, 0.1) is 0 Å². The lowest BCUT2D eigenvalue weighted by atomic mass is 9.94. The van der Waals surface area contributed by atoms with E-state index in [0.717, 1.165) is 12.1 Å². The van der Waals surface area contributed by atoms with Gasteiger partial charge in [-0.3, -0.25) is 14.8 Å². The number of halogens is 3. The van der Waals surface area contributed by atoms with Crippen molar-refractivity contribution in [1.82, 2.24) is 10.4 Å². The molecule has 9 nitrogen and oxygen atoms in total. The first-order valence-corrected chi connectivity index (χ1v) is 13.1. The summed E-state index contributed by atoms with van der Waals surface area (Å²) >= 11 is 0. The molecule has 1 saturated heterocycles. The minimum Gasteiger partial charge on any atom is -0.457 e. The van der Waals surface area contributed by atoms with Crippen LogP contribution in [-0.2, 0) is 14.6 Å². The summed E-state index contributed by atoms with van der Waals surface area (Å²) in [5.74, 6) is -1.48. The maximum absolute atomic E-state index is 13.7. The van der Waals surface area contributed by atoms with Gasteiger partial charge in [-0.1, -0.05) is 18.2 Å². The number of ether oxygens (including phenoxy) is 2. The van der Waals surface area contributed by atoms with Crippen molar-refractivity contribution in [2.75, 3.05) is 13.1 Å². The molecule has 1 heterocycles. The summed E-state index contributed by atoms with van der Waals surface area (Å²) in [6, 6.07) is 18.2. The highest BCUT2D eigenvalue weighted by Gasteiger charge is 2.53. The third-order valence-electron chi connectivity index (χ3n) is 6.34. The van der Waals surface area contributed by atoms with E-state index in [-0.39, 0.29) is 48.2 Å². The van der Waals surface area contributed by atoms with Crippen molar-refractivity contribution in [3.05, 3.63) is 84.4 Å². The third kappa shape index (κ3) is 5.99. The number of piperidine rings is 1. The summed E-state index contributed by atoms with van der Waals surface area (Å²) in [7, 11) is -4.35. The molecule has 3 aromatic carbocycles. The van der Waals surface area contributed by atoms with E-state index in [0.29, 0.717) is 5.56 Å². The number of alkyl halides is 3. The van der Waals surface area contributed by atoms with Gasteiger partial charge in [0, 0.05) is 18.7 Å². The molecule has 13 heteroatoms. The Morgan fingerprint density at radius 3 is 1.87 bits per heavy atom. The summed E-state index contributed by atoms with van der Waals surface area (Å²) in [4.78, 5) is 26.8. The molecule has 2 amide bonds. The molecule has 39 heavy (non-hydrogen) atoms. The molecule has 206 valence electrons. The van der Waals surface area contributed by atoms with Crippen molar-refractivity contribution in [2.24, 2.45) is 0 Å². The second-order valence-corrected chi connectivity index (χ2v) is 10.9. The second-order valence-electron chi connectivity index (χ2n) is 8.69. The first-order valence-electron chi connectivity index (χ1n) is 11.6. The van der Waals surface area contributed by atoms with Crippen molar-refractivity contribution in [2.45, 2.75) is 28.8 Å². The van der Waals surface area contributed by atoms with Crippen molar-refractivity contribution in [3.8, 4) is 17.2 Å². The summed E-state index contributed by atoms with van der Waals surface area (Å²) in [6.07, 6.45) is -5.32. The van der Waals surface area contributed by atoms with Crippen LogP contribution in [0.5, 0.6) is 17.2 Å². The zero-order chi connectivity index (χ0) is 28.3. The number of nitrogens with zero attached hydrogens (tertiary/aromatic N) is 1. The molecule has 0 saturated carbocycles. The number of benzene rings is 3. The number of rotatable bonds is 7. The Morgan fingerprint density at radius 2 is 1.36 bits per heavy atom. The lowest BCUT2D eigenvalue weighted by Gasteiger charge is -2.39. The third-order valence-corrected chi connectivity index (χ3v) is 8.85. The zero-order valence-electron chi connectivity index (χ0n) is 20.2. The lowest BCUT2D eigenvalue weighted by molar-refractivity contribution is -0.274. The van der Waals surface area contributed by atoms with Crippen LogP contribution in [0.15, 0.2) is 83.8 Å². The van der Waals surface area contributed by atoms with Gasteiger partial charge in [0.05, 0.1) is 4.90 Å². The van der Waals surface area contributed by atoms with Gasteiger partial charge >= 0.3 is 6.36 Å². The molecule has 0 bridgehead atoms. The largest absolute Gasteiger partial charge is 0.573 e. The average Bonchev–Trinajstić information content (AvgIpc) is 2.93. The molecule has 0 aromatic heterocycles. The molecule has 0 radical (unpaired) electrons. The minimum absolute atomic E-state index is 0.0321. The topological polar surface area (TPSA) is 122 Å². The Bertz CT molecular complexity index is 1420. The molecular weight excluding hydrogens is 541 g/mol. The van der Waals surface area contributed by atoms with Gasteiger partial charge in [0.1, 0.15) is 17.2 Å². The zero-order valence-corrected chi connectivity index (χ0v) is 21.0. The highest BCUT2D eigenvalue weighted by Crippen LogP contribution is 2.37. The van der Waals surface area contributed by atoms with Crippen LogP contribution >= 0.6 is 0 Å². The molecule has 1 fully saturated rings. The Morgan fingerprint density at radius 1 is 0.846 bits per heavy atom. The number of hydrogen-bond donors (Lipinski definition) is 2. The van der Waals surface area contributed by atoms with E-state index in [1.807, 2.05) is 0 Å². The quantitative estimate of drug-likeness (QED) is 0.324. The van der Waals surface area contributed by atoms with E-state index in [4.69, 9.17) is 4.74 Å². The lowest BCUT2D eigenvalue weighted by Crippen LogP contribution is -2.58. The first-order chi connectivity index (χ1) is 18.4. The van der Waals surface area contributed by atoms with Gasteiger partial charge in [0.25, 0.3) is 11.8 Å². The Labute approximate surface area is 221 Å². The maximum atomic E-state index is 13.7. The molecule has 0 unspecified atom stereocenters. The SMILES string of the molecule is O=C(c1ccccc1)N1CCC(C(=O)NO)(S(=O)(=O)c2ccc(Oc3ccc(OC(F)(F)F)cc3)cc2)CC1. The fourth-order valence-corrected chi connectivity index (χ4v) is 6.27. The van der Waals surface area contributed by atoms with Crippen LogP contribution < -0.4 is 15.0 Å². The predicted molar refractivity (Wildman–Crippen MR) is 131 cm³/mol. The molecule has 0 spiro atoms. The van der Waals surface area contributed by atoms with E-state index < -0.39 is 32.6 Å². The highest BCUT2D eigenvalue weighted by molar-refractivity contribution is 7.93. The average molecular weight is 565 g/mol. The molecule has 4 rings (SSSR count). The van der Waals surface area contributed by atoms with Crippen LogP contribution in [-0.4, -0.2) is 54.5 Å². The fourth-order valence-electron chi connectivity index (χ4n) is 4.31. The number of likely N-dealkylation sites (tertiary alicyclic amines) is 1. The fraction of sp³-hybridized carbons (Fsp3) is 0.231. The smallest absolute Gasteiger partial charge is 0.457 e. The van der Waals surface area contributed by atoms with E-state index in [1.54, 1.807) is 30.3 Å². The van der Waals surface area contributed by atoms with E-state index in [2.05, 4.69) is 4.74 Å². The van der Waals surface area contributed by atoms with E-state index >= 15 is 0 Å². The van der Waals surface area contributed by atoms with Crippen LogP contribution in [0.3, 0.4) is 0 Å². The minimum atomic E-state index is -4.83. The van der Waals surface area contributed by atoms with Gasteiger partial charge in [0.2, 0.25) is 0 Å². The summed E-state index contributed by atoms with van der Waals surface area (Å²) < 4.78 is 71.6. The summed E-state index contributed by atoms with van der Waals surface area (Å²) in [5, 5.41) is 9.37. The Kier molecular flexibility index (Phi) is 7.84. The van der Waals surface area contributed by atoms with Crippen LogP contribution in [0.1, 0.15) is 23.2 Å². The monoisotopic (exact) mass is 564 g/mol. The number of hydrogen-bond acceptors (Lipinski definition) is 7. The summed E-state index contributed by atoms with van der Waals surface area (Å²) in [5.41, 5.74) is 1.89. The second kappa shape index (κ2) is 10.9. The number of amides is 2. The summed E-state index contributed by atoms with van der Waals surface area (Å²) in [6.45, 7) is -0.0642. The molecule has 0 aliphatic carbocycles. The number of sulfone groups is 1. The Hall–Kier alpha value is -4.10. The molecule has 3 aromatic rings. The van der Waals surface area contributed by atoms with Crippen molar-refractivity contribution >= 4 is 21.7 Å². The van der Waals surface area contributed by atoms with Gasteiger partial charge < -0.3 is 14.4 Å². The van der Waals surface area contributed by atoms with Crippen LogP contribution in [0.2, 0.25) is 0 Å². The van der Waals surface area contributed by atoms with Gasteiger partial charge in [-0.25, -0.2) is 13.9 Å². The van der Waals surface area contributed by atoms with Gasteiger partial charge in [-0.05, 0) is 73.5 Å². The number of hydroxylamine groups is 1. The number of nitrogens with one attached hydrogen (secondary N) is 1. The maximum Gasteiger partial charge on any atom is 0.573 e. The van der Waals surface area contributed by atoms with E-state index in [9.17, 15) is 36.4 Å². The molecule has 1 aliphatic heterocycles. The van der Waals surface area contributed by atoms with Gasteiger partial charge in [0.15, 0.2) is 14.6 Å². The normalized spacial score (nSPS) is 15.3. The first kappa shape index (κ1) is 27.9.